The molecule has 1 fully saturated rings. The summed E-state index contributed by atoms with van der Waals surface area (Å²) in [5, 5.41) is 2.77. The second kappa shape index (κ2) is 8.58. The monoisotopic (exact) mass is 495 g/mol. The van der Waals surface area contributed by atoms with Gasteiger partial charge in [-0.1, -0.05) is 0 Å². The third-order valence-corrected chi connectivity index (χ3v) is 6.17. The Morgan fingerprint density at radius 3 is 2.83 bits per heavy atom. The Bertz CT molecular complexity index is 1200. The number of hydrogen-bond acceptors (Lipinski definition) is 6. The minimum absolute atomic E-state index is 0.00238. The van der Waals surface area contributed by atoms with Gasteiger partial charge in [-0.15, -0.1) is 0 Å². The number of hydrogen-bond donors (Lipinski definition) is 1. The molecule has 1 aromatic carbocycles. The second-order valence-electron chi connectivity index (χ2n) is 8.74. The van der Waals surface area contributed by atoms with Crippen molar-refractivity contribution < 1.29 is 41.4 Å². The number of alkyl halides is 3. The number of benzene rings is 1. The largest absolute Gasteiger partial charge is 0.490 e. The maximum Gasteiger partial charge on any atom is 0.422 e. The average Bonchev–Trinajstić information content (AvgIpc) is 3.14. The van der Waals surface area contributed by atoms with E-state index in [1.54, 1.807) is 12.3 Å². The zero-order valence-corrected chi connectivity index (χ0v) is 18.6. The van der Waals surface area contributed by atoms with E-state index in [0.29, 0.717) is 24.9 Å². The number of aromatic nitrogens is 1. The van der Waals surface area contributed by atoms with Crippen molar-refractivity contribution in [2.45, 2.75) is 44.5 Å². The first-order chi connectivity index (χ1) is 16.6. The summed E-state index contributed by atoms with van der Waals surface area (Å²) in [5.41, 5.74) is 1.13. The van der Waals surface area contributed by atoms with Gasteiger partial charge in [-0.3, -0.25) is 9.59 Å². The molecular formula is C23H21F4N3O5. The lowest BCUT2D eigenvalue weighted by molar-refractivity contribution is -0.154. The zero-order valence-electron chi connectivity index (χ0n) is 18.6. The van der Waals surface area contributed by atoms with Crippen molar-refractivity contribution in [1.29, 1.82) is 0 Å². The van der Waals surface area contributed by atoms with Gasteiger partial charge < -0.3 is 24.4 Å². The van der Waals surface area contributed by atoms with Gasteiger partial charge in [0.1, 0.15) is 24.0 Å². The molecule has 0 unspecified atom stereocenters. The van der Waals surface area contributed by atoms with Crippen molar-refractivity contribution in [3.05, 3.63) is 40.8 Å². The fraction of sp³-hybridized carbons (Fsp3) is 0.435. The highest BCUT2D eigenvalue weighted by molar-refractivity contribution is 6.00. The minimum atomic E-state index is -4.71. The second-order valence-corrected chi connectivity index (χ2v) is 8.74. The van der Waals surface area contributed by atoms with Gasteiger partial charge in [-0.05, 0) is 30.5 Å². The highest BCUT2D eigenvalue weighted by Gasteiger charge is 2.43. The number of fused-ring (bicyclic) bond motifs is 3. The molecule has 0 saturated carbocycles. The Morgan fingerprint density at radius 2 is 2.06 bits per heavy atom. The van der Waals surface area contributed by atoms with E-state index in [4.69, 9.17) is 14.2 Å². The third kappa shape index (κ3) is 4.56. The molecule has 0 bridgehead atoms. The molecule has 2 aromatic rings. The molecular weight excluding hydrogens is 474 g/mol. The number of aryl methyl sites for hydroxylation is 2. The standard InChI is InChI=1S/C23H21F4N3O5/c1-11-4-16-19(21(20(11)24)34-10-23(25,26)27)22(32)30-8-14(5-13(30)9-33-16)35-18-6-15-12(7-28-18)2-3-17(31)29-15/h4,6-7,13-14H,2-3,5,8-10H2,1H3,(H,29,31)/t13-,14+/m1/s1. The fourth-order valence-corrected chi connectivity index (χ4v) is 4.51. The number of pyridine rings is 1. The molecule has 186 valence electrons. The van der Waals surface area contributed by atoms with Crippen molar-refractivity contribution in [3.8, 4) is 17.4 Å². The summed E-state index contributed by atoms with van der Waals surface area (Å²) in [6.45, 7) is -0.252. The normalized spacial score (nSPS) is 21.3. The molecule has 3 aliphatic heterocycles. The Morgan fingerprint density at radius 1 is 1.26 bits per heavy atom. The van der Waals surface area contributed by atoms with E-state index in [1.165, 1.54) is 17.9 Å². The molecule has 5 rings (SSSR count). The van der Waals surface area contributed by atoms with E-state index in [1.807, 2.05) is 0 Å². The number of nitrogens with one attached hydrogen (secondary N) is 1. The molecule has 0 aliphatic carbocycles. The lowest BCUT2D eigenvalue weighted by Gasteiger charge is -2.22. The number of carbonyl (C=O) groups is 2. The van der Waals surface area contributed by atoms with Gasteiger partial charge in [0.15, 0.2) is 18.2 Å². The highest BCUT2D eigenvalue weighted by atomic mass is 19.4. The maximum atomic E-state index is 14.8. The summed E-state index contributed by atoms with van der Waals surface area (Å²) in [6.07, 6.45) is -2.26. The van der Waals surface area contributed by atoms with Crippen LogP contribution in [0.1, 0.15) is 34.3 Å². The molecule has 0 spiro atoms. The van der Waals surface area contributed by atoms with Crippen LogP contribution in [0.4, 0.5) is 23.2 Å². The van der Waals surface area contributed by atoms with E-state index >= 15 is 0 Å². The molecule has 2 atom stereocenters. The number of amides is 2. The molecule has 4 heterocycles. The lowest BCUT2D eigenvalue weighted by Crippen LogP contribution is -2.37. The number of rotatable bonds is 4. The van der Waals surface area contributed by atoms with E-state index in [2.05, 4.69) is 10.3 Å². The van der Waals surface area contributed by atoms with Crippen molar-refractivity contribution in [3.63, 3.8) is 0 Å². The molecule has 1 aromatic heterocycles. The Hall–Kier alpha value is -3.57. The van der Waals surface area contributed by atoms with Gasteiger partial charge >= 0.3 is 6.18 Å². The lowest BCUT2D eigenvalue weighted by atomic mass is 10.1. The fourth-order valence-electron chi connectivity index (χ4n) is 4.51. The van der Waals surface area contributed by atoms with Crippen LogP contribution in [0.5, 0.6) is 17.4 Å². The average molecular weight is 495 g/mol. The maximum absolute atomic E-state index is 14.8. The predicted molar refractivity (Wildman–Crippen MR) is 113 cm³/mol. The van der Waals surface area contributed by atoms with E-state index in [0.717, 1.165) is 5.56 Å². The molecule has 2 amide bonds. The molecule has 8 nitrogen and oxygen atoms in total. The van der Waals surface area contributed by atoms with E-state index < -0.39 is 42.4 Å². The summed E-state index contributed by atoms with van der Waals surface area (Å²) in [4.78, 5) is 30.7. The number of carbonyl (C=O) groups excluding carboxylic acids is 2. The Kier molecular flexibility index (Phi) is 5.68. The van der Waals surface area contributed by atoms with Crippen LogP contribution in [-0.4, -0.2) is 59.8 Å². The summed E-state index contributed by atoms with van der Waals surface area (Å²) in [7, 11) is 0. The summed E-state index contributed by atoms with van der Waals surface area (Å²) in [5.74, 6) is -2.38. The van der Waals surface area contributed by atoms with Crippen LogP contribution in [0.25, 0.3) is 0 Å². The first-order valence-electron chi connectivity index (χ1n) is 11.0. The molecule has 12 heteroatoms. The number of halogens is 4. The first-order valence-corrected chi connectivity index (χ1v) is 11.0. The molecule has 3 aliphatic rings. The minimum Gasteiger partial charge on any atom is -0.490 e. The van der Waals surface area contributed by atoms with Crippen LogP contribution >= 0.6 is 0 Å². The third-order valence-electron chi connectivity index (χ3n) is 6.17. The van der Waals surface area contributed by atoms with Crippen molar-refractivity contribution in [2.24, 2.45) is 0 Å². The van der Waals surface area contributed by atoms with Gasteiger partial charge in [-0.2, -0.15) is 13.2 Å². The highest BCUT2D eigenvalue weighted by Crippen LogP contribution is 2.40. The number of anilines is 1. The van der Waals surface area contributed by atoms with Crippen molar-refractivity contribution in [2.75, 3.05) is 25.1 Å². The molecule has 1 N–H and O–H groups in total. The summed E-state index contributed by atoms with van der Waals surface area (Å²) >= 11 is 0. The van der Waals surface area contributed by atoms with E-state index in [9.17, 15) is 27.2 Å². The van der Waals surface area contributed by atoms with Gasteiger partial charge in [-0.25, -0.2) is 9.37 Å². The van der Waals surface area contributed by atoms with Crippen LogP contribution in [0.15, 0.2) is 18.3 Å². The SMILES string of the molecule is Cc1cc2c(c(OCC(F)(F)F)c1F)C(=O)N1C[C@@H](Oc3cc4c(cn3)CCC(=O)N4)C[C@@H]1CO2. The molecule has 0 radical (unpaired) electrons. The zero-order chi connectivity index (χ0) is 24.9. The van der Waals surface area contributed by atoms with E-state index in [-0.39, 0.29) is 41.8 Å². The summed E-state index contributed by atoms with van der Waals surface area (Å²) in [6, 6.07) is 2.45. The number of ether oxygens (including phenoxy) is 3. The molecule has 1 saturated heterocycles. The quantitative estimate of drug-likeness (QED) is 0.654. The van der Waals surface area contributed by atoms with Gasteiger partial charge in [0.25, 0.3) is 5.91 Å². The Labute approximate surface area is 197 Å². The van der Waals surface area contributed by atoms with Crippen molar-refractivity contribution >= 4 is 17.5 Å². The van der Waals surface area contributed by atoms with Crippen molar-refractivity contribution in [1.82, 2.24) is 9.88 Å². The first kappa shape index (κ1) is 23.2. The van der Waals surface area contributed by atoms with Gasteiger partial charge in [0.2, 0.25) is 11.8 Å². The smallest absolute Gasteiger partial charge is 0.422 e. The van der Waals surface area contributed by atoms with Gasteiger partial charge in [0, 0.05) is 25.1 Å². The van der Waals surface area contributed by atoms with Crippen LogP contribution < -0.4 is 19.5 Å². The van der Waals surface area contributed by atoms with Crippen LogP contribution in [-0.2, 0) is 11.2 Å². The number of nitrogens with zero attached hydrogens (tertiary/aromatic N) is 2. The molecule has 35 heavy (non-hydrogen) atoms. The topological polar surface area (TPSA) is 90.0 Å². The van der Waals surface area contributed by atoms with Crippen LogP contribution in [0, 0.1) is 12.7 Å². The van der Waals surface area contributed by atoms with Crippen LogP contribution in [0.2, 0.25) is 0 Å². The predicted octanol–water partition coefficient (Wildman–Crippen LogP) is 3.41. The Balaban J connectivity index is 1.37. The summed E-state index contributed by atoms with van der Waals surface area (Å²) < 4.78 is 69.5. The van der Waals surface area contributed by atoms with Crippen LogP contribution in [0.3, 0.4) is 0 Å². The van der Waals surface area contributed by atoms with Gasteiger partial charge in [0.05, 0.1) is 18.3 Å².